The Hall–Kier alpha value is -1.35. The van der Waals surface area contributed by atoms with Gasteiger partial charge in [0.25, 0.3) is 0 Å². The van der Waals surface area contributed by atoms with Crippen LogP contribution in [0.25, 0.3) is 0 Å². The van der Waals surface area contributed by atoms with Gasteiger partial charge >= 0.3 is 0 Å². The van der Waals surface area contributed by atoms with Crippen molar-refractivity contribution in [2.45, 2.75) is 6.42 Å². The van der Waals surface area contributed by atoms with Crippen LogP contribution >= 0.6 is 0 Å². The summed E-state index contributed by atoms with van der Waals surface area (Å²) in [4.78, 5) is 10.9. The molecular weight excluding hydrogens is 168 g/mol. The van der Waals surface area contributed by atoms with Gasteiger partial charge in [0, 0.05) is 6.42 Å². The third kappa shape index (κ3) is 2.87. The second-order valence-corrected chi connectivity index (χ2v) is 2.73. The van der Waals surface area contributed by atoms with E-state index in [2.05, 4.69) is 0 Å². The summed E-state index contributed by atoms with van der Waals surface area (Å²) in [6.45, 7) is -0.406. The van der Waals surface area contributed by atoms with E-state index in [1.807, 2.05) is 18.2 Å². The predicted octanol–water partition coefficient (Wildman–Crippen LogP) is 0.799. The summed E-state index contributed by atoms with van der Waals surface area (Å²) < 4.78 is 5.00. The summed E-state index contributed by atoms with van der Waals surface area (Å²) >= 11 is 0. The monoisotopic (exact) mass is 180 g/mol. The number of aliphatic hydroxyl groups is 1. The van der Waals surface area contributed by atoms with Gasteiger partial charge in [-0.15, -0.1) is 0 Å². The van der Waals surface area contributed by atoms with Gasteiger partial charge in [-0.05, 0) is 17.7 Å². The molecule has 0 unspecified atom stereocenters. The quantitative estimate of drug-likeness (QED) is 0.745. The Bertz CT molecular complexity index is 294. The summed E-state index contributed by atoms with van der Waals surface area (Å²) in [5.74, 6) is 0.538. The fourth-order valence-corrected chi connectivity index (χ4v) is 1.07. The van der Waals surface area contributed by atoms with Gasteiger partial charge in [-0.2, -0.15) is 0 Å². The smallest absolute Gasteiger partial charge is 0.162 e. The molecule has 0 aliphatic carbocycles. The van der Waals surface area contributed by atoms with Crippen molar-refractivity contribution in [1.82, 2.24) is 0 Å². The fraction of sp³-hybridized carbons (Fsp3) is 0.300. The molecule has 1 aromatic rings. The standard InChI is InChI=1S/C10H12O3/c1-13-10-4-2-3-8(6-10)5-9(12)7-11/h2-4,6,11H,5,7H2,1H3. The minimum absolute atomic E-state index is 0.187. The molecule has 0 heterocycles. The lowest BCUT2D eigenvalue weighted by molar-refractivity contribution is -0.121. The maximum absolute atomic E-state index is 10.9. The summed E-state index contributed by atoms with van der Waals surface area (Å²) in [5.41, 5.74) is 0.860. The highest BCUT2D eigenvalue weighted by Gasteiger charge is 2.02. The first-order chi connectivity index (χ1) is 6.26. The van der Waals surface area contributed by atoms with Crippen LogP contribution in [0.15, 0.2) is 24.3 Å². The van der Waals surface area contributed by atoms with Crippen LogP contribution in [-0.4, -0.2) is 24.6 Å². The van der Waals surface area contributed by atoms with E-state index in [-0.39, 0.29) is 12.2 Å². The number of Topliss-reactive ketones (excluding diaryl/α,β-unsaturated/α-hetero) is 1. The molecule has 1 rings (SSSR count). The molecule has 1 aromatic carbocycles. The molecule has 0 radical (unpaired) electrons. The van der Waals surface area contributed by atoms with Gasteiger partial charge < -0.3 is 9.84 Å². The molecule has 0 spiro atoms. The first-order valence-electron chi connectivity index (χ1n) is 4.01. The largest absolute Gasteiger partial charge is 0.497 e. The molecule has 0 saturated carbocycles. The number of ether oxygens (including phenoxy) is 1. The van der Waals surface area contributed by atoms with E-state index in [9.17, 15) is 4.79 Å². The van der Waals surface area contributed by atoms with Crippen LogP contribution in [0.2, 0.25) is 0 Å². The number of ketones is 1. The summed E-state index contributed by atoms with van der Waals surface area (Å²) in [6, 6.07) is 7.25. The van der Waals surface area contributed by atoms with Gasteiger partial charge in [-0.1, -0.05) is 12.1 Å². The number of aliphatic hydroxyl groups excluding tert-OH is 1. The highest BCUT2D eigenvalue weighted by Crippen LogP contribution is 2.12. The molecule has 0 saturated heterocycles. The van der Waals surface area contributed by atoms with Crippen molar-refractivity contribution in [2.24, 2.45) is 0 Å². The van der Waals surface area contributed by atoms with E-state index < -0.39 is 6.61 Å². The molecule has 0 bridgehead atoms. The maximum Gasteiger partial charge on any atom is 0.162 e. The van der Waals surface area contributed by atoms with Crippen molar-refractivity contribution < 1.29 is 14.6 Å². The van der Waals surface area contributed by atoms with Gasteiger partial charge in [0.15, 0.2) is 5.78 Å². The highest BCUT2D eigenvalue weighted by molar-refractivity contribution is 5.81. The molecule has 0 aromatic heterocycles. The molecular formula is C10H12O3. The molecule has 70 valence electrons. The van der Waals surface area contributed by atoms with Crippen LogP contribution in [0, 0.1) is 0 Å². The molecule has 3 heteroatoms. The molecule has 0 amide bonds. The van der Waals surface area contributed by atoms with Gasteiger partial charge in [0.2, 0.25) is 0 Å². The summed E-state index contributed by atoms with van der Waals surface area (Å²) in [7, 11) is 1.58. The number of hydrogen-bond donors (Lipinski definition) is 1. The summed E-state index contributed by atoms with van der Waals surface area (Å²) in [6.07, 6.45) is 0.258. The van der Waals surface area contributed by atoms with Crippen molar-refractivity contribution in [3.63, 3.8) is 0 Å². The van der Waals surface area contributed by atoms with Gasteiger partial charge in [-0.25, -0.2) is 0 Å². The molecule has 0 atom stereocenters. The van der Waals surface area contributed by atoms with E-state index in [4.69, 9.17) is 9.84 Å². The van der Waals surface area contributed by atoms with Crippen LogP contribution in [-0.2, 0) is 11.2 Å². The Balaban J connectivity index is 2.71. The number of hydrogen-bond acceptors (Lipinski definition) is 3. The molecule has 13 heavy (non-hydrogen) atoms. The second-order valence-electron chi connectivity index (χ2n) is 2.73. The van der Waals surface area contributed by atoms with E-state index >= 15 is 0 Å². The molecule has 0 aliphatic heterocycles. The zero-order valence-electron chi connectivity index (χ0n) is 7.49. The Kier molecular flexibility index (Phi) is 3.46. The predicted molar refractivity (Wildman–Crippen MR) is 48.8 cm³/mol. The van der Waals surface area contributed by atoms with Gasteiger partial charge in [0.05, 0.1) is 7.11 Å². The minimum Gasteiger partial charge on any atom is -0.497 e. The topological polar surface area (TPSA) is 46.5 Å². The highest BCUT2D eigenvalue weighted by atomic mass is 16.5. The number of methoxy groups -OCH3 is 1. The third-order valence-corrected chi connectivity index (χ3v) is 1.71. The number of carbonyl (C=O) groups excluding carboxylic acids is 1. The SMILES string of the molecule is COc1cccc(CC(=O)CO)c1. The Morgan fingerprint density at radius 3 is 2.92 bits per heavy atom. The maximum atomic E-state index is 10.9. The van der Waals surface area contributed by atoms with E-state index in [0.29, 0.717) is 0 Å². The number of carbonyl (C=O) groups is 1. The van der Waals surface area contributed by atoms with Crippen LogP contribution < -0.4 is 4.74 Å². The van der Waals surface area contributed by atoms with E-state index in [1.54, 1.807) is 13.2 Å². The first-order valence-corrected chi connectivity index (χ1v) is 4.01. The minimum atomic E-state index is -0.406. The summed E-state index contributed by atoms with van der Waals surface area (Å²) in [5, 5.41) is 8.54. The van der Waals surface area contributed by atoms with Crippen LogP contribution in [0.3, 0.4) is 0 Å². The van der Waals surface area contributed by atoms with E-state index in [0.717, 1.165) is 11.3 Å². The Morgan fingerprint density at radius 2 is 2.31 bits per heavy atom. The zero-order valence-corrected chi connectivity index (χ0v) is 7.49. The van der Waals surface area contributed by atoms with Crippen molar-refractivity contribution in [3.8, 4) is 5.75 Å². The van der Waals surface area contributed by atoms with Crippen molar-refractivity contribution in [2.75, 3.05) is 13.7 Å². The lowest BCUT2D eigenvalue weighted by atomic mass is 10.1. The van der Waals surface area contributed by atoms with Crippen LogP contribution in [0.4, 0.5) is 0 Å². The van der Waals surface area contributed by atoms with Crippen LogP contribution in [0.5, 0.6) is 5.75 Å². The Morgan fingerprint density at radius 1 is 1.54 bits per heavy atom. The van der Waals surface area contributed by atoms with Gasteiger partial charge in [0.1, 0.15) is 12.4 Å². The van der Waals surface area contributed by atoms with Crippen molar-refractivity contribution >= 4 is 5.78 Å². The first kappa shape index (κ1) is 9.74. The van der Waals surface area contributed by atoms with Crippen LogP contribution in [0.1, 0.15) is 5.56 Å². The molecule has 0 aliphatic rings. The van der Waals surface area contributed by atoms with Crippen molar-refractivity contribution in [3.05, 3.63) is 29.8 Å². The molecule has 0 fully saturated rings. The van der Waals surface area contributed by atoms with Gasteiger partial charge in [-0.3, -0.25) is 4.79 Å². The van der Waals surface area contributed by atoms with Crippen molar-refractivity contribution in [1.29, 1.82) is 0 Å². The average Bonchev–Trinajstić information content (AvgIpc) is 2.18. The third-order valence-electron chi connectivity index (χ3n) is 1.71. The number of benzene rings is 1. The second kappa shape index (κ2) is 4.62. The number of rotatable bonds is 4. The fourth-order valence-electron chi connectivity index (χ4n) is 1.07. The average molecular weight is 180 g/mol. The molecule has 1 N–H and O–H groups in total. The zero-order chi connectivity index (χ0) is 9.68. The lowest BCUT2D eigenvalue weighted by Gasteiger charge is -2.02. The normalized spacial score (nSPS) is 9.69. The Labute approximate surface area is 77.0 Å². The lowest BCUT2D eigenvalue weighted by Crippen LogP contribution is -2.07. The molecule has 3 nitrogen and oxygen atoms in total. The van der Waals surface area contributed by atoms with E-state index in [1.165, 1.54) is 0 Å².